The average molecular weight is 304 g/mol. The summed E-state index contributed by atoms with van der Waals surface area (Å²) in [5.41, 5.74) is 5.99. The molecule has 1 saturated heterocycles. The van der Waals surface area contributed by atoms with Crippen LogP contribution in [0.1, 0.15) is 39.5 Å². The van der Waals surface area contributed by atoms with Gasteiger partial charge >= 0.3 is 0 Å². The predicted molar refractivity (Wildman–Crippen MR) is 80.5 cm³/mol. The lowest BCUT2D eigenvalue weighted by Gasteiger charge is -2.30. The molecule has 5 nitrogen and oxygen atoms in total. The van der Waals surface area contributed by atoms with Crippen molar-refractivity contribution in [2.24, 2.45) is 17.6 Å². The molecule has 0 radical (unpaired) electrons. The maximum Gasteiger partial charge on any atom is 0.243 e. The standard InChI is InChI=1S/C14H25N3O2.ClH/c1-9(2)13(17-7-3-4-12(17)18)14(19)16-8-11(15)10-5-6-10;/h9-11,13H,3-8,15H2,1-2H3,(H,16,19);1H. The van der Waals surface area contributed by atoms with Crippen molar-refractivity contribution in [3.05, 3.63) is 0 Å². The minimum absolute atomic E-state index is 0. The zero-order valence-electron chi connectivity index (χ0n) is 12.3. The Morgan fingerprint density at radius 3 is 2.55 bits per heavy atom. The summed E-state index contributed by atoms with van der Waals surface area (Å²) in [7, 11) is 0. The van der Waals surface area contributed by atoms with E-state index in [0.717, 1.165) is 6.42 Å². The first-order valence-electron chi connectivity index (χ1n) is 7.33. The number of carbonyl (C=O) groups excluding carboxylic acids is 2. The van der Waals surface area contributed by atoms with E-state index in [2.05, 4.69) is 5.32 Å². The van der Waals surface area contributed by atoms with Gasteiger partial charge < -0.3 is 16.0 Å². The molecule has 1 heterocycles. The molecule has 20 heavy (non-hydrogen) atoms. The molecular formula is C14H26ClN3O2. The Labute approximate surface area is 127 Å². The maximum atomic E-state index is 12.3. The fourth-order valence-corrected chi connectivity index (χ4v) is 2.78. The van der Waals surface area contributed by atoms with E-state index in [-0.39, 0.29) is 42.2 Å². The Bertz CT molecular complexity index is 358. The molecule has 0 bridgehead atoms. The van der Waals surface area contributed by atoms with Gasteiger partial charge in [0.2, 0.25) is 11.8 Å². The largest absolute Gasteiger partial charge is 0.353 e. The number of likely N-dealkylation sites (tertiary alicyclic amines) is 1. The fraction of sp³-hybridized carbons (Fsp3) is 0.857. The van der Waals surface area contributed by atoms with Gasteiger partial charge in [0, 0.05) is 25.6 Å². The zero-order chi connectivity index (χ0) is 14.0. The molecule has 2 rings (SSSR count). The van der Waals surface area contributed by atoms with Crippen LogP contribution in [0.4, 0.5) is 0 Å². The quantitative estimate of drug-likeness (QED) is 0.766. The summed E-state index contributed by atoms with van der Waals surface area (Å²) in [6.07, 6.45) is 3.78. The first-order chi connectivity index (χ1) is 9.00. The molecule has 3 N–H and O–H groups in total. The van der Waals surface area contributed by atoms with E-state index >= 15 is 0 Å². The SMILES string of the molecule is CC(C)C(C(=O)NCC(N)C1CC1)N1CCCC1=O.Cl. The second-order valence-corrected chi connectivity index (χ2v) is 6.13. The van der Waals surface area contributed by atoms with Crippen LogP contribution >= 0.6 is 12.4 Å². The second-order valence-electron chi connectivity index (χ2n) is 6.13. The third-order valence-corrected chi connectivity index (χ3v) is 4.09. The number of halogens is 1. The van der Waals surface area contributed by atoms with Crippen molar-refractivity contribution in [3.8, 4) is 0 Å². The first kappa shape index (κ1) is 17.2. The van der Waals surface area contributed by atoms with Crippen LogP contribution in [0.25, 0.3) is 0 Å². The van der Waals surface area contributed by atoms with E-state index in [9.17, 15) is 9.59 Å². The summed E-state index contributed by atoms with van der Waals surface area (Å²) in [5, 5.41) is 2.92. The van der Waals surface area contributed by atoms with Crippen LogP contribution in [-0.2, 0) is 9.59 Å². The van der Waals surface area contributed by atoms with Crippen LogP contribution in [0.3, 0.4) is 0 Å². The summed E-state index contributed by atoms with van der Waals surface area (Å²) in [5.74, 6) is 0.743. The minimum Gasteiger partial charge on any atom is -0.353 e. The van der Waals surface area contributed by atoms with Gasteiger partial charge in [0.1, 0.15) is 6.04 Å². The molecule has 2 fully saturated rings. The normalized spacial score (nSPS) is 21.6. The number of rotatable bonds is 6. The monoisotopic (exact) mass is 303 g/mol. The Morgan fingerprint density at radius 1 is 1.45 bits per heavy atom. The molecule has 1 saturated carbocycles. The van der Waals surface area contributed by atoms with Gasteiger partial charge in [-0.15, -0.1) is 12.4 Å². The molecule has 2 unspecified atom stereocenters. The molecule has 0 aromatic heterocycles. The topological polar surface area (TPSA) is 75.4 Å². The number of hydrogen-bond acceptors (Lipinski definition) is 3. The third-order valence-electron chi connectivity index (χ3n) is 4.09. The van der Waals surface area contributed by atoms with Crippen molar-refractivity contribution >= 4 is 24.2 Å². The lowest BCUT2D eigenvalue weighted by Crippen LogP contribution is -2.52. The summed E-state index contributed by atoms with van der Waals surface area (Å²) >= 11 is 0. The fourth-order valence-electron chi connectivity index (χ4n) is 2.78. The van der Waals surface area contributed by atoms with E-state index in [1.165, 1.54) is 12.8 Å². The van der Waals surface area contributed by atoms with E-state index in [4.69, 9.17) is 5.73 Å². The van der Waals surface area contributed by atoms with Crippen molar-refractivity contribution in [1.29, 1.82) is 0 Å². The van der Waals surface area contributed by atoms with Crippen LogP contribution in [0.5, 0.6) is 0 Å². The molecule has 116 valence electrons. The van der Waals surface area contributed by atoms with Crippen LogP contribution in [-0.4, -0.2) is 41.9 Å². The van der Waals surface area contributed by atoms with Gasteiger partial charge in [0.05, 0.1) is 0 Å². The van der Waals surface area contributed by atoms with Crippen LogP contribution in [0, 0.1) is 11.8 Å². The Kier molecular flexibility index (Phi) is 6.27. The van der Waals surface area contributed by atoms with Gasteiger partial charge in [0.15, 0.2) is 0 Å². The van der Waals surface area contributed by atoms with Crippen LogP contribution in [0.15, 0.2) is 0 Å². The highest BCUT2D eigenvalue weighted by Crippen LogP contribution is 2.31. The molecule has 0 aromatic carbocycles. The lowest BCUT2D eigenvalue weighted by atomic mass is 10.0. The minimum atomic E-state index is -0.346. The number of nitrogens with zero attached hydrogens (tertiary/aromatic N) is 1. The Morgan fingerprint density at radius 2 is 2.10 bits per heavy atom. The highest BCUT2D eigenvalue weighted by atomic mass is 35.5. The van der Waals surface area contributed by atoms with Crippen molar-refractivity contribution in [1.82, 2.24) is 10.2 Å². The molecule has 0 spiro atoms. The second kappa shape index (κ2) is 7.27. The molecule has 2 atom stereocenters. The van der Waals surface area contributed by atoms with E-state index in [1.807, 2.05) is 13.8 Å². The van der Waals surface area contributed by atoms with Gasteiger partial charge in [-0.2, -0.15) is 0 Å². The average Bonchev–Trinajstić information content (AvgIpc) is 3.12. The van der Waals surface area contributed by atoms with Crippen molar-refractivity contribution in [2.75, 3.05) is 13.1 Å². The van der Waals surface area contributed by atoms with E-state index in [1.54, 1.807) is 4.90 Å². The maximum absolute atomic E-state index is 12.3. The molecule has 0 aromatic rings. The summed E-state index contributed by atoms with van der Waals surface area (Å²) in [4.78, 5) is 25.8. The smallest absolute Gasteiger partial charge is 0.243 e. The summed E-state index contributed by atoms with van der Waals surface area (Å²) in [6.45, 7) is 5.19. The van der Waals surface area contributed by atoms with Crippen LogP contribution in [0.2, 0.25) is 0 Å². The highest BCUT2D eigenvalue weighted by molar-refractivity contribution is 5.88. The number of amides is 2. The third kappa shape index (κ3) is 4.09. The summed E-state index contributed by atoms with van der Waals surface area (Å²) in [6, 6.07) is -0.285. The first-order valence-corrected chi connectivity index (χ1v) is 7.33. The Hall–Kier alpha value is -0.810. The number of hydrogen-bond donors (Lipinski definition) is 2. The lowest BCUT2D eigenvalue weighted by molar-refractivity contribution is -0.139. The molecule has 2 amide bonds. The molecule has 1 aliphatic heterocycles. The van der Waals surface area contributed by atoms with Crippen molar-refractivity contribution < 1.29 is 9.59 Å². The van der Waals surface area contributed by atoms with Crippen molar-refractivity contribution in [2.45, 2.75) is 51.6 Å². The number of nitrogens with one attached hydrogen (secondary N) is 1. The van der Waals surface area contributed by atoms with E-state index < -0.39 is 0 Å². The van der Waals surface area contributed by atoms with Crippen LogP contribution < -0.4 is 11.1 Å². The van der Waals surface area contributed by atoms with Gasteiger partial charge in [-0.1, -0.05) is 13.8 Å². The molecule has 6 heteroatoms. The molecular weight excluding hydrogens is 278 g/mol. The number of carbonyl (C=O) groups is 2. The van der Waals surface area contributed by atoms with Gasteiger partial charge in [-0.3, -0.25) is 9.59 Å². The van der Waals surface area contributed by atoms with Gasteiger partial charge in [0.25, 0.3) is 0 Å². The highest BCUT2D eigenvalue weighted by Gasteiger charge is 2.35. The molecule has 1 aliphatic carbocycles. The van der Waals surface area contributed by atoms with E-state index in [0.29, 0.717) is 25.4 Å². The number of nitrogens with two attached hydrogens (primary N) is 1. The Balaban J connectivity index is 0.00000200. The van der Waals surface area contributed by atoms with Gasteiger partial charge in [-0.25, -0.2) is 0 Å². The molecule has 2 aliphatic rings. The summed E-state index contributed by atoms with van der Waals surface area (Å²) < 4.78 is 0. The van der Waals surface area contributed by atoms with Crippen molar-refractivity contribution in [3.63, 3.8) is 0 Å². The predicted octanol–water partition coefficient (Wildman–Crippen LogP) is 0.909. The zero-order valence-corrected chi connectivity index (χ0v) is 13.1. The van der Waals surface area contributed by atoms with Gasteiger partial charge in [-0.05, 0) is 31.1 Å².